The van der Waals surface area contributed by atoms with Gasteiger partial charge in [0.15, 0.2) is 0 Å². The van der Waals surface area contributed by atoms with Gasteiger partial charge in [0, 0.05) is 17.2 Å². The van der Waals surface area contributed by atoms with Crippen molar-refractivity contribution in [3.8, 4) is 0 Å². The third kappa shape index (κ3) is 4.84. The molecule has 0 radical (unpaired) electrons. The van der Waals surface area contributed by atoms with Crippen molar-refractivity contribution < 1.29 is 14.7 Å². The first kappa shape index (κ1) is 16.5. The van der Waals surface area contributed by atoms with E-state index in [-0.39, 0.29) is 24.5 Å². The molecule has 2 amide bonds. The SMILES string of the molecule is CC(C)CC(CO)NC(=O)c1ccc(C(=O)NC2CC2)cc1. The molecular weight excluding hydrogens is 280 g/mol. The van der Waals surface area contributed by atoms with Crippen LogP contribution in [0.15, 0.2) is 24.3 Å². The van der Waals surface area contributed by atoms with Crippen LogP contribution in [0.1, 0.15) is 53.8 Å². The van der Waals surface area contributed by atoms with Crippen LogP contribution in [0.2, 0.25) is 0 Å². The number of hydrogen-bond acceptors (Lipinski definition) is 3. The molecular formula is C17H24N2O3. The average molecular weight is 304 g/mol. The van der Waals surface area contributed by atoms with Gasteiger partial charge in [-0.3, -0.25) is 9.59 Å². The van der Waals surface area contributed by atoms with Gasteiger partial charge in [0.1, 0.15) is 0 Å². The molecule has 1 aromatic carbocycles. The summed E-state index contributed by atoms with van der Waals surface area (Å²) in [7, 11) is 0. The molecule has 1 aliphatic carbocycles. The lowest BCUT2D eigenvalue weighted by Crippen LogP contribution is -2.38. The predicted octanol–water partition coefficient (Wildman–Crippen LogP) is 1.72. The Hall–Kier alpha value is -1.88. The van der Waals surface area contributed by atoms with E-state index >= 15 is 0 Å². The molecule has 120 valence electrons. The molecule has 0 bridgehead atoms. The van der Waals surface area contributed by atoms with Gasteiger partial charge in [-0.2, -0.15) is 0 Å². The lowest BCUT2D eigenvalue weighted by Gasteiger charge is -2.18. The molecule has 1 atom stereocenters. The molecule has 22 heavy (non-hydrogen) atoms. The van der Waals surface area contributed by atoms with E-state index in [2.05, 4.69) is 10.6 Å². The topological polar surface area (TPSA) is 78.4 Å². The van der Waals surface area contributed by atoms with Crippen LogP contribution in [0.5, 0.6) is 0 Å². The molecule has 5 nitrogen and oxygen atoms in total. The Morgan fingerprint density at radius 1 is 1.14 bits per heavy atom. The van der Waals surface area contributed by atoms with Gasteiger partial charge in [0.2, 0.25) is 0 Å². The molecule has 0 aromatic heterocycles. The van der Waals surface area contributed by atoms with Crippen LogP contribution in [-0.2, 0) is 0 Å². The zero-order chi connectivity index (χ0) is 16.1. The van der Waals surface area contributed by atoms with Crippen LogP contribution in [0.3, 0.4) is 0 Å². The number of amides is 2. The van der Waals surface area contributed by atoms with Gasteiger partial charge in [-0.1, -0.05) is 13.8 Å². The van der Waals surface area contributed by atoms with E-state index in [1.165, 1.54) is 0 Å². The lowest BCUT2D eigenvalue weighted by atomic mass is 10.0. The molecule has 0 aliphatic heterocycles. The fourth-order valence-electron chi connectivity index (χ4n) is 2.29. The van der Waals surface area contributed by atoms with Crippen molar-refractivity contribution in [1.29, 1.82) is 0 Å². The van der Waals surface area contributed by atoms with E-state index in [1.54, 1.807) is 24.3 Å². The minimum absolute atomic E-state index is 0.0776. The Labute approximate surface area is 131 Å². The summed E-state index contributed by atoms with van der Waals surface area (Å²) < 4.78 is 0. The summed E-state index contributed by atoms with van der Waals surface area (Å²) in [5.41, 5.74) is 1.05. The molecule has 1 aliphatic rings. The van der Waals surface area contributed by atoms with Gasteiger partial charge < -0.3 is 15.7 Å². The smallest absolute Gasteiger partial charge is 0.251 e. The highest BCUT2D eigenvalue weighted by atomic mass is 16.3. The third-order valence-corrected chi connectivity index (χ3v) is 3.63. The number of carbonyl (C=O) groups is 2. The molecule has 0 saturated heterocycles. The van der Waals surface area contributed by atoms with Crippen LogP contribution in [0.25, 0.3) is 0 Å². The average Bonchev–Trinajstić information content (AvgIpc) is 3.30. The first-order valence-corrected chi connectivity index (χ1v) is 7.82. The Bertz CT molecular complexity index is 521. The zero-order valence-electron chi connectivity index (χ0n) is 13.1. The molecule has 3 N–H and O–H groups in total. The fourth-order valence-corrected chi connectivity index (χ4v) is 2.29. The number of aliphatic hydroxyl groups is 1. The Kier molecular flexibility index (Phi) is 5.55. The van der Waals surface area contributed by atoms with Crippen molar-refractivity contribution in [1.82, 2.24) is 10.6 Å². The summed E-state index contributed by atoms with van der Waals surface area (Å²) in [5, 5.41) is 15.0. The van der Waals surface area contributed by atoms with Crippen LogP contribution in [-0.4, -0.2) is 35.6 Å². The second-order valence-electron chi connectivity index (χ2n) is 6.31. The summed E-state index contributed by atoms with van der Waals surface area (Å²) in [6.07, 6.45) is 2.82. The van der Waals surface area contributed by atoms with Crippen LogP contribution in [0, 0.1) is 5.92 Å². The molecule has 2 rings (SSSR count). The van der Waals surface area contributed by atoms with Gasteiger partial charge in [-0.15, -0.1) is 0 Å². The first-order valence-electron chi connectivity index (χ1n) is 7.82. The van der Waals surface area contributed by atoms with Crippen LogP contribution >= 0.6 is 0 Å². The third-order valence-electron chi connectivity index (χ3n) is 3.63. The lowest BCUT2D eigenvalue weighted by molar-refractivity contribution is 0.0905. The van der Waals surface area contributed by atoms with Gasteiger partial charge in [0.25, 0.3) is 11.8 Å². The predicted molar refractivity (Wildman–Crippen MR) is 84.7 cm³/mol. The van der Waals surface area contributed by atoms with Crippen LogP contribution < -0.4 is 10.6 Å². The standard InChI is InChI=1S/C17H24N2O3/c1-11(2)9-15(10-20)19-17(22)13-5-3-12(4-6-13)16(21)18-14-7-8-14/h3-6,11,14-15,20H,7-10H2,1-2H3,(H,18,21)(H,19,22). The van der Waals surface area contributed by atoms with E-state index < -0.39 is 0 Å². The maximum Gasteiger partial charge on any atom is 0.251 e. The van der Waals surface area contributed by atoms with Gasteiger partial charge in [-0.25, -0.2) is 0 Å². The maximum atomic E-state index is 12.1. The van der Waals surface area contributed by atoms with Crippen molar-refractivity contribution in [3.63, 3.8) is 0 Å². The Balaban J connectivity index is 1.93. The van der Waals surface area contributed by atoms with E-state index in [4.69, 9.17) is 0 Å². The summed E-state index contributed by atoms with van der Waals surface area (Å²) >= 11 is 0. The van der Waals surface area contributed by atoms with Crippen molar-refractivity contribution in [2.45, 2.75) is 45.2 Å². The van der Waals surface area contributed by atoms with Crippen molar-refractivity contribution in [2.75, 3.05) is 6.61 Å². The highest BCUT2D eigenvalue weighted by Gasteiger charge is 2.23. The summed E-state index contributed by atoms with van der Waals surface area (Å²) in [5.74, 6) is 0.0716. The molecule has 0 spiro atoms. The van der Waals surface area contributed by atoms with E-state index in [0.29, 0.717) is 23.1 Å². The monoisotopic (exact) mass is 304 g/mol. The number of rotatable bonds is 7. The quantitative estimate of drug-likeness (QED) is 0.717. The molecule has 0 heterocycles. The maximum absolute atomic E-state index is 12.1. The van der Waals surface area contributed by atoms with E-state index in [1.807, 2.05) is 13.8 Å². The Morgan fingerprint density at radius 2 is 1.68 bits per heavy atom. The molecule has 1 saturated carbocycles. The molecule has 5 heteroatoms. The highest BCUT2D eigenvalue weighted by Crippen LogP contribution is 2.19. The highest BCUT2D eigenvalue weighted by molar-refractivity contribution is 5.98. The van der Waals surface area contributed by atoms with E-state index in [0.717, 1.165) is 19.3 Å². The minimum atomic E-state index is -0.245. The van der Waals surface area contributed by atoms with E-state index in [9.17, 15) is 14.7 Å². The van der Waals surface area contributed by atoms with Gasteiger partial charge in [-0.05, 0) is 49.4 Å². The number of hydrogen-bond donors (Lipinski definition) is 3. The largest absolute Gasteiger partial charge is 0.394 e. The normalized spacial score (nSPS) is 15.5. The number of carbonyl (C=O) groups excluding carboxylic acids is 2. The van der Waals surface area contributed by atoms with Crippen molar-refractivity contribution in [3.05, 3.63) is 35.4 Å². The number of nitrogens with one attached hydrogen (secondary N) is 2. The second-order valence-corrected chi connectivity index (χ2v) is 6.31. The zero-order valence-corrected chi connectivity index (χ0v) is 13.1. The summed E-state index contributed by atoms with van der Waals surface area (Å²) in [4.78, 5) is 24.0. The van der Waals surface area contributed by atoms with Gasteiger partial charge >= 0.3 is 0 Å². The van der Waals surface area contributed by atoms with Crippen molar-refractivity contribution in [2.24, 2.45) is 5.92 Å². The molecule has 1 fully saturated rings. The fraction of sp³-hybridized carbons (Fsp3) is 0.529. The van der Waals surface area contributed by atoms with Gasteiger partial charge in [0.05, 0.1) is 12.6 Å². The summed E-state index contributed by atoms with van der Waals surface area (Å²) in [6, 6.07) is 6.66. The Morgan fingerprint density at radius 3 is 2.14 bits per heavy atom. The first-order chi connectivity index (χ1) is 10.5. The molecule has 1 unspecified atom stereocenters. The minimum Gasteiger partial charge on any atom is -0.394 e. The number of benzene rings is 1. The van der Waals surface area contributed by atoms with Crippen molar-refractivity contribution >= 4 is 11.8 Å². The number of aliphatic hydroxyl groups excluding tert-OH is 1. The second kappa shape index (κ2) is 7.40. The summed E-state index contributed by atoms with van der Waals surface area (Å²) in [6.45, 7) is 4.01. The van der Waals surface area contributed by atoms with Crippen LogP contribution in [0.4, 0.5) is 0 Å². The molecule has 1 aromatic rings.